The number of carbonyl (C=O) groups is 1. The molecule has 2 aliphatic heterocycles. The molecule has 2 heterocycles. The van der Waals surface area contributed by atoms with E-state index in [2.05, 4.69) is 0 Å². The van der Waals surface area contributed by atoms with Crippen LogP contribution in [0.2, 0.25) is 0 Å². The fraction of sp³-hybridized carbons (Fsp3) is 0.381. The van der Waals surface area contributed by atoms with Crippen LogP contribution in [0.4, 0.5) is 0 Å². The van der Waals surface area contributed by atoms with Crippen LogP contribution in [0, 0.1) is 0 Å². The fourth-order valence-electron chi connectivity index (χ4n) is 3.82. The Hall–Kier alpha value is -2.37. The van der Waals surface area contributed by atoms with Crippen LogP contribution in [-0.2, 0) is 11.2 Å². The summed E-state index contributed by atoms with van der Waals surface area (Å²) in [4.78, 5) is 15.1. The van der Waals surface area contributed by atoms with Gasteiger partial charge in [-0.25, -0.2) is 0 Å². The first-order valence-corrected chi connectivity index (χ1v) is 9.12. The molecule has 0 bridgehead atoms. The molecule has 1 saturated heterocycles. The first kappa shape index (κ1) is 17.1. The predicted molar refractivity (Wildman–Crippen MR) is 97.3 cm³/mol. The SMILES string of the molecule is O=C(c1ccc2c(c1)CCCO2)N1CCO[C@H](CO)[C@H]1c1ccccc1. The van der Waals surface area contributed by atoms with Gasteiger partial charge < -0.3 is 19.5 Å². The van der Waals surface area contributed by atoms with Crippen molar-refractivity contribution in [1.29, 1.82) is 0 Å². The van der Waals surface area contributed by atoms with Crippen LogP contribution in [0.3, 0.4) is 0 Å². The third-order valence-corrected chi connectivity index (χ3v) is 5.09. The quantitative estimate of drug-likeness (QED) is 0.921. The molecular formula is C21H23NO4. The lowest BCUT2D eigenvalue weighted by atomic mass is 9.96. The summed E-state index contributed by atoms with van der Waals surface area (Å²) < 4.78 is 11.4. The van der Waals surface area contributed by atoms with Crippen LogP contribution >= 0.6 is 0 Å². The van der Waals surface area contributed by atoms with Gasteiger partial charge in [-0.1, -0.05) is 30.3 Å². The van der Waals surface area contributed by atoms with Crippen molar-refractivity contribution >= 4 is 5.91 Å². The van der Waals surface area contributed by atoms with Crippen molar-refractivity contribution in [3.8, 4) is 5.75 Å². The second-order valence-corrected chi connectivity index (χ2v) is 6.72. The number of amides is 1. The summed E-state index contributed by atoms with van der Waals surface area (Å²) in [5, 5.41) is 9.77. The van der Waals surface area contributed by atoms with Crippen LogP contribution < -0.4 is 4.74 Å². The molecule has 2 aliphatic rings. The van der Waals surface area contributed by atoms with E-state index in [0.717, 1.165) is 36.3 Å². The number of carbonyl (C=O) groups excluding carboxylic acids is 1. The van der Waals surface area contributed by atoms with Crippen molar-refractivity contribution in [2.45, 2.75) is 25.0 Å². The Morgan fingerprint density at radius 3 is 2.81 bits per heavy atom. The molecule has 0 aliphatic carbocycles. The molecule has 0 aromatic heterocycles. The summed E-state index contributed by atoms with van der Waals surface area (Å²) >= 11 is 0. The van der Waals surface area contributed by atoms with E-state index < -0.39 is 6.10 Å². The molecule has 1 amide bonds. The van der Waals surface area contributed by atoms with E-state index in [1.807, 2.05) is 53.4 Å². The van der Waals surface area contributed by atoms with Crippen molar-refractivity contribution < 1.29 is 19.4 Å². The maximum Gasteiger partial charge on any atom is 0.254 e. The summed E-state index contributed by atoms with van der Waals surface area (Å²) in [6.45, 7) is 1.54. The Bertz CT molecular complexity index is 777. The number of aliphatic hydroxyl groups is 1. The molecule has 0 saturated carbocycles. The highest BCUT2D eigenvalue weighted by atomic mass is 16.5. The van der Waals surface area contributed by atoms with E-state index in [1.165, 1.54) is 0 Å². The summed E-state index contributed by atoms with van der Waals surface area (Å²) in [5.41, 5.74) is 2.72. The van der Waals surface area contributed by atoms with Gasteiger partial charge in [-0.15, -0.1) is 0 Å². The van der Waals surface area contributed by atoms with Crippen molar-refractivity contribution in [1.82, 2.24) is 4.90 Å². The van der Waals surface area contributed by atoms with Crippen LogP contribution in [0.1, 0.15) is 33.9 Å². The highest BCUT2D eigenvalue weighted by Gasteiger charge is 2.36. The van der Waals surface area contributed by atoms with Gasteiger partial charge in [-0.05, 0) is 42.2 Å². The van der Waals surface area contributed by atoms with Gasteiger partial charge in [-0.3, -0.25) is 4.79 Å². The van der Waals surface area contributed by atoms with Crippen LogP contribution in [-0.4, -0.2) is 48.4 Å². The molecule has 5 heteroatoms. The number of ether oxygens (including phenoxy) is 2. The minimum atomic E-state index is -0.420. The minimum Gasteiger partial charge on any atom is -0.493 e. The summed E-state index contributed by atoms with van der Waals surface area (Å²) in [5.74, 6) is 0.844. The fourth-order valence-corrected chi connectivity index (χ4v) is 3.82. The van der Waals surface area contributed by atoms with Gasteiger partial charge in [-0.2, -0.15) is 0 Å². The third kappa shape index (κ3) is 3.20. The molecule has 2 aromatic carbocycles. The maximum absolute atomic E-state index is 13.3. The number of aliphatic hydroxyl groups excluding tert-OH is 1. The normalized spacial score (nSPS) is 22.4. The monoisotopic (exact) mass is 353 g/mol. The van der Waals surface area contributed by atoms with E-state index in [1.54, 1.807) is 0 Å². The van der Waals surface area contributed by atoms with Gasteiger partial charge in [0.1, 0.15) is 11.9 Å². The highest BCUT2D eigenvalue weighted by molar-refractivity contribution is 5.95. The lowest BCUT2D eigenvalue weighted by Gasteiger charge is -2.41. The molecule has 1 N–H and O–H groups in total. The first-order chi connectivity index (χ1) is 12.8. The van der Waals surface area contributed by atoms with Gasteiger partial charge in [0.05, 0.1) is 25.9 Å². The molecule has 0 unspecified atom stereocenters. The summed E-state index contributed by atoms with van der Waals surface area (Å²) in [7, 11) is 0. The Kier molecular flexibility index (Phi) is 4.91. The van der Waals surface area contributed by atoms with Gasteiger partial charge in [0.25, 0.3) is 5.91 Å². The van der Waals surface area contributed by atoms with Gasteiger partial charge in [0.2, 0.25) is 0 Å². The third-order valence-electron chi connectivity index (χ3n) is 5.09. The molecule has 5 nitrogen and oxygen atoms in total. The second-order valence-electron chi connectivity index (χ2n) is 6.72. The Morgan fingerprint density at radius 1 is 1.15 bits per heavy atom. The smallest absolute Gasteiger partial charge is 0.254 e. The molecule has 0 radical (unpaired) electrons. The number of aryl methyl sites for hydroxylation is 1. The molecule has 2 atom stereocenters. The summed E-state index contributed by atoms with van der Waals surface area (Å²) in [6, 6.07) is 15.1. The molecule has 26 heavy (non-hydrogen) atoms. The number of hydrogen-bond acceptors (Lipinski definition) is 4. The standard InChI is InChI=1S/C21H23NO4/c23-14-19-20(15-5-2-1-3-6-15)22(10-12-26-19)21(24)17-8-9-18-16(13-17)7-4-11-25-18/h1-3,5-6,8-9,13,19-20,23H,4,7,10-12,14H2/t19-,20-/m1/s1. The zero-order chi connectivity index (χ0) is 17.9. The van der Waals surface area contributed by atoms with Crippen LogP contribution in [0.25, 0.3) is 0 Å². The molecule has 136 valence electrons. The van der Waals surface area contributed by atoms with E-state index >= 15 is 0 Å². The van der Waals surface area contributed by atoms with Crippen LogP contribution in [0.15, 0.2) is 48.5 Å². The number of morpholine rings is 1. The lowest BCUT2D eigenvalue weighted by Crippen LogP contribution is -2.49. The van der Waals surface area contributed by atoms with Gasteiger partial charge in [0.15, 0.2) is 0 Å². The number of benzene rings is 2. The topological polar surface area (TPSA) is 59.0 Å². The number of rotatable bonds is 3. The zero-order valence-corrected chi connectivity index (χ0v) is 14.6. The molecule has 0 spiro atoms. The molecule has 2 aromatic rings. The molecule has 1 fully saturated rings. The van der Waals surface area contributed by atoms with Crippen molar-refractivity contribution in [2.24, 2.45) is 0 Å². The average Bonchev–Trinajstić information content (AvgIpc) is 2.73. The second kappa shape index (κ2) is 7.48. The maximum atomic E-state index is 13.3. The number of hydrogen-bond donors (Lipinski definition) is 1. The Balaban J connectivity index is 1.66. The Morgan fingerprint density at radius 2 is 2.00 bits per heavy atom. The average molecular weight is 353 g/mol. The highest BCUT2D eigenvalue weighted by Crippen LogP contribution is 2.32. The first-order valence-electron chi connectivity index (χ1n) is 9.12. The van der Waals surface area contributed by atoms with Crippen molar-refractivity contribution in [2.75, 3.05) is 26.4 Å². The van der Waals surface area contributed by atoms with E-state index in [-0.39, 0.29) is 18.6 Å². The van der Waals surface area contributed by atoms with Crippen molar-refractivity contribution in [3.05, 3.63) is 65.2 Å². The largest absolute Gasteiger partial charge is 0.493 e. The number of nitrogens with zero attached hydrogens (tertiary/aromatic N) is 1. The van der Waals surface area contributed by atoms with Gasteiger partial charge >= 0.3 is 0 Å². The molecular weight excluding hydrogens is 330 g/mol. The van der Waals surface area contributed by atoms with Crippen LogP contribution in [0.5, 0.6) is 5.75 Å². The van der Waals surface area contributed by atoms with Crippen molar-refractivity contribution in [3.63, 3.8) is 0 Å². The summed E-state index contributed by atoms with van der Waals surface area (Å²) in [6.07, 6.45) is 1.48. The van der Waals surface area contributed by atoms with Gasteiger partial charge in [0, 0.05) is 12.1 Å². The predicted octanol–water partition coefficient (Wildman–Crippen LogP) is 2.59. The number of fused-ring (bicyclic) bond motifs is 1. The zero-order valence-electron chi connectivity index (χ0n) is 14.6. The minimum absolute atomic E-state index is 0.0334. The Labute approximate surface area is 153 Å². The van der Waals surface area contributed by atoms with E-state index in [9.17, 15) is 9.90 Å². The molecule has 4 rings (SSSR count). The lowest BCUT2D eigenvalue weighted by molar-refractivity contribution is -0.0811. The van der Waals surface area contributed by atoms with E-state index in [4.69, 9.17) is 9.47 Å². The van der Waals surface area contributed by atoms with E-state index in [0.29, 0.717) is 18.7 Å².